The molecule has 2 atom stereocenters. The smallest absolute Gasteiger partial charge is 0.407 e. The molecule has 0 spiro atoms. The molecule has 3 fully saturated rings. The highest BCUT2D eigenvalue weighted by molar-refractivity contribution is 7.89. The molecule has 2 N–H and O–H groups in total. The Bertz CT molecular complexity index is 1210. The lowest BCUT2D eigenvalue weighted by molar-refractivity contribution is -0.0808. The Balaban J connectivity index is 1.34. The number of rotatable bonds is 7. The maximum absolute atomic E-state index is 15.3. The van der Waals surface area contributed by atoms with E-state index in [1.54, 1.807) is 24.3 Å². The zero-order valence-corrected chi connectivity index (χ0v) is 19.8. The molecule has 3 saturated heterocycles. The van der Waals surface area contributed by atoms with E-state index in [0.29, 0.717) is 24.9 Å². The van der Waals surface area contributed by atoms with Crippen LogP contribution in [0.2, 0.25) is 0 Å². The van der Waals surface area contributed by atoms with E-state index in [4.69, 9.17) is 9.47 Å². The van der Waals surface area contributed by atoms with E-state index >= 15 is 8.78 Å². The molecule has 1 unspecified atom stereocenters. The number of sulfonamides is 1. The molecule has 5 rings (SSSR count). The van der Waals surface area contributed by atoms with Crippen molar-refractivity contribution in [3.8, 4) is 0 Å². The van der Waals surface area contributed by atoms with Crippen LogP contribution in [0.15, 0.2) is 42.5 Å². The highest BCUT2D eigenvalue weighted by atomic mass is 32.2. The van der Waals surface area contributed by atoms with Crippen LogP contribution < -0.4 is 10.6 Å². The standard InChI is InChI=1S/C24H27F2N3O5S/c25-20-10-19(24(14-33-15-24)27-11-18-13-34-23(30)28-18)21(26)9-17(20)12-29-8-4-7-22(35(29,31)32)16-5-2-1-3-6-16/h1-3,5-6,9-10,18,22,27H,4,7-8,11-15H2,(H,28,30)/t18?,22-/m1/s1. The number of ether oxygens (including phenoxy) is 2. The Morgan fingerprint density at radius 2 is 1.91 bits per heavy atom. The van der Waals surface area contributed by atoms with E-state index < -0.39 is 38.5 Å². The van der Waals surface area contributed by atoms with Gasteiger partial charge in [-0.2, -0.15) is 4.31 Å². The van der Waals surface area contributed by atoms with E-state index in [0.717, 1.165) is 12.1 Å². The van der Waals surface area contributed by atoms with Crippen LogP contribution >= 0.6 is 0 Å². The Hall–Kier alpha value is -2.60. The van der Waals surface area contributed by atoms with Crippen molar-refractivity contribution in [2.75, 3.05) is 32.9 Å². The lowest BCUT2D eigenvalue weighted by Crippen LogP contribution is -2.60. The fourth-order valence-electron chi connectivity index (χ4n) is 4.86. The lowest BCUT2D eigenvalue weighted by atomic mass is 9.86. The number of benzene rings is 2. The normalized spacial score (nSPS) is 25.5. The van der Waals surface area contributed by atoms with Gasteiger partial charge < -0.3 is 20.1 Å². The van der Waals surface area contributed by atoms with Crippen LogP contribution in [0.5, 0.6) is 0 Å². The zero-order chi connectivity index (χ0) is 24.6. The number of carbonyl (C=O) groups is 1. The molecule has 0 aromatic heterocycles. The van der Waals surface area contributed by atoms with Crippen LogP contribution in [0, 0.1) is 11.6 Å². The number of hydrogen-bond acceptors (Lipinski definition) is 6. The van der Waals surface area contributed by atoms with Gasteiger partial charge in [-0.05, 0) is 30.5 Å². The van der Waals surface area contributed by atoms with Crippen LogP contribution in [0.1, 0.15) is 34.8 Å². The number of amides is 1. The van der Waals surface area contributed by atoms with Gasteiger partial charge in [-0.25, -0.2) is 22.0 Å². The fourth-order valence-corrected chi connectivity index (χ4v) is 6.89. The van der Waals surface area contributed by atoms with Crippen molar-refractivity contribution in [1.82, 2.24) is 14.9 Å². The molecule has 11 heteroatoms. The molecule has 35 heavy (non-hydrogen) atoms. The number of alkyl carbamates (subject to hydrolysis) is 1. The Labute approximate surface area is 202 Å². The molecule has 8 nitrogen and oxygen atoms in total. The first-order chi connectivity index (χ1) is 16.8. The molecule has 0 radical (unpaired) electrons. The summed E-state index contributed by atoms with van der Waals surface area (Å²) < 4.78 is 68.4. The molecule has 1 amide bonds. The summed E-state index contributed by atoms with van der Waals surface area (Å²) in [6.45, 7) is 0.782. The van der Waals surface area contributed by atoms with Gasteiger partial charge in [0, 0.05) is 30.8 Å². The van der Waals surface area contributed by atoms with E-state index in [1.807, 2.05) is 6.07 Å². The quantitative estimate of drug-likeness (QED) is 0.598. The summed E-state index contributed by atoms with van der Waals surface area (Å²) in [6.07, 6.45) is 0.603. The molecule has 2 aromatic carbocycles. The summed E-state index contributed by atoms with van der Waals surface area (Å²) in [4.78, 5) is 11.2. The van der Waals surface area contributed by atoms with E-state index in [2.05, 4.69) is 10.6 Å². The summed E-state index contributed by atoms with van der Waals surface area (Å²) in [6, 6.07) is 10.9. The number of nitrogens with one attached hydrogen (secondary N) is 2. The summed E-state index contributed by atoms with van der Waals surface area (Å²) in [5.41, 5.74) is -0.151. The first-order valence-electron chi connectivity index (χ1n) is 11.6. The van der Waals surface area contributed by atoms with Gasteiger partial charge >= 0.3 is 6.09 Å². The third-order valence-corrected chi connectivity index (χ3v) is 9.14. The Morgan fingerprint density at radius 1 is 1.14 bits per heavy atom. The maximum atomic E-state index is 15.3. The van der Waals surface area contributed by atoms with Crippen LogP contribution in [-0.2, 0) is 31.6 Å². The van der Waals surface area contributed by atoms with Crippen molar-refractivity contribution in [2.24, 2.45) is 0 Å². The van der Waals surface area contributed by atoms with Crippen molar-refractivity contribution in [1.29, 1.82) is 0 Å². The van der Waals surface area contributed by atoms with Crippen molar-refractivity contribution in [3.05, 3.63) is 70.8 Å². The third-order valence-electron chi connectivity index (χ3n) is 6.88. The van der Waals surface area contributed by atoms with Crippen LogP contribution in [0.25, 0.3) is 0 Å². The van der Waals surface area contributed by atoms with Gasteiger partial charge in [0.1, 0.15) is 23.5 Å². The average molecular weight is 508 g/mol. The molecule has 3 heterocycles. The Kier molecular flexibility index (Phi) is 6.51. The van der Waals surface area contributed by atoms with Gasteiger partial charge in [0.05, 0.1) is 24.8 Å². The van der Waals surface area contributed by atoms with Crippen LogP contribution in [0.4, 0.5) is 13.6 Å². The second-order valence-corrected chi connectivity index (χ2v) is 11.4. The van der Waals surface area contributed by atoms with Gasteiger partial charge in [-0.3, -0.25) is 0 Å². The van der Waals surface area contributed by atoms with Crippen LogP contribution in [0.3, 0.4) is 0 Å². The summed E-state index contributed by atoms with van der Waals surface area (Å²) in [5.74, 6) is -1.32. The van der Waals surface area contributed by atoms with E-state index in [9.17, 15) is 13.2 Å². The summed E-state index contributed by atoms with van der Waals surface area (Å²) in [5, 5.41) is 5.12. The molecular weight excluding hydrogens is 480 g/mol. The SMILES string of the molecule is O=C1NC(CNC2(c3cc(F)c(CN4CCC[C@H](c5ccccc5)S4(=O)=O)cc3F)COC2)CO1. The highest BCUT2D eigenvalue weighted by Crippen LogP contribution is 2.37. The zero-order valence-electron chi connectivity index (χ0n) is 19.0. The second-order valence-electron chi connectivity index (χ2n) is 9.24. The maximum Gasteiger partial charge on any atom is 0.407 e. The van der Waals surface area contributed by atoms with Crippen LogP contribution in [-0.4, -0.2) is 57.8 Å². The predicted molar refractivity (Wildman–Crippen MR) is 123 cm³/mol. The van der Waals surface area contributed by atoms with Gasteiger partial charge in [0.2, 0.25) is 10.0 Å². The molecule has 0 aliphatic carbocycles. The number of nitrogens with zero attached hydrogens (tertiary/aromatic N) is 1. The average Bonchev–Trinajstić information content (AvgIpc) is 3.22. The Morgan fingerprint density at radius 3 is 2.57 bits per heavy atom. The fraction of sp³-hybridized carbons (Fsp3) is 0.458. The molecular formula is C24H27F2N3O5S. The summed E-state index contributed by atoms with van der Waals surface area (Å²) >= 11 is 0. The van der Waals surface area contributed by atoms with Gasteiger partial charge in [0.25, 0.3) is 0 Å². The van der Waals surface area contributed by atoms with E-state index in [-0.39, 0.29) is 50.1 Å². The first kappa shape index (κ1) is 24.1. The first-order valence-corrected chi connectivity index (χ1v) is 13.1. The minimum Gasteiger partial charge on any atom is -0.447 e. The molecule has 188 valence electrons. The predicted octanol–water partition coefficient (Wildman–Crippen LogP) is 2.56. The third kappa shape index (κ3) is 4.65. The molecule has 3 aliphatic heterocycles. The largest absolute Gasteiger partial charge is 0.447 e. The van der Waals surface area contributed by atoms with Crippen molar-refractivity contribution < 1.29 is 31.5 Å². The lowest BCUT2D eigenvalue weighted by Gasteiger charge is -2.43. The van der Waals surface area contributed by atoms with Gasteiger partial charge in [-0.1, -0.05) is 30.3 Å². The number of carbonyl (C=O) groups excluding carboxylic acids is 1. The minimum atomic E-state index is -3.73. The second kappa shape index (κ2) is 9.45. The summed E-state index contributed by atoms with van der Waals surface area (Å²) in [7, 11) is -3.73. The topological polar surface area (TPSA) is 97.0 Å². The van der Waals surface area contributed by atoms with Crippen molar-refractivity contribution >= 4 is 16.1 Å². The molecule has 0 saturated carbocycles. The monoisotopic (exact) mass is 507 g/mol. The molecule has 0 bridgehead atoms. The van der Waals surface area contributed by atoms with E-state index in [1.165, 1.54) is 4.31 Å². The minimum absolute atomic E-state index is 0.0182. The van der Waals surface area contributed by atoms with Gasteiger partial charge in [0.15, 0.2) is 0 Å². The van der Waals surface area contributed by atoms with Crippen molar-refractivity contribution in [2.45, 2.75) is 36.2 Å². The molecule has 2 aromatic rings. The number of hydrogen-bond donors (Lipinski definition) is 2. The number of cyclic esters (lactones) is 1. The molecule has 3 aliphatic rings. The van der Waals surface area contributed by atoms with Crippen molar-refractivity contribution in [3.63, 3.8) is 0 Å². The number of halogens is 2. The highest BCUT2D eigenvalue weighted by Gasteiger charge is 2.44. The van der Waals surface area contributed by atoms with Gasteiger partial charge in [-0.15, -0.1) is 0 Å².